The van der Waals surface area contributed by atoms with Gasteiger partial charge in [-0.15, -0.1) is 0 Å². The first kappa shape index (κ1) is 20.5. The van der Waals surface area contributed by atoms with Crippen molar-refractivity contribution in [2.45, 2.75) is 6.54 Å². The van der Waals surface area contributed by atoms with Gasteiger partial charge in [0.1, 0.15) is 5.76 Å². The van der Waals surface area contributed by atoms with E-state index in [9.17, 15) is 9.59 Å². The van der Waals surface area contributed by atoms with Crippen LogP contribution in [0.25, 0.3) is 0 Å². The lowest BCUT2D eigenvalue weighted by Gasteiger charge is -2.34. The Kier molecular flexibility index (Phi) is 6.53. The molecule has 160 valence electrons. The Labute approximate surface area is 180 Å². The smallest absolute Gasteiger partial charge is 0.253 e. The Morgan fingerprint density at radius 2 is 1.74 bits per heavy atom. The van der Waals surface area contributed by atoms with Crippen molar-refractivity contribution >= 4 is 23.5 Å². The van der Waals surface area contributed by atoms with Gasteiger partial charge in [-0.25, -0.2) is 9.97 Å². The molecule has 1 saturated heterocycles. The van der Waals surface area contributed by atoms with Crippen LogP contribution < -0.4 is 15.5 Å². The second-order valence-electron chi connectivity index (χ2n) is 7.17. The maximum absolute atomic E-state index is 12.6. The van der Waals surface area contributed by atoms with Crippen molar-refractivity contribution in [3.63, 3.8) is 0 Å². The van der Waals surface area contributed by atoms with Crippen LogP contribution in [0.2, 0.25) is 0 Å². The highest BCUT2D eigenvalue weighted by atomic mass is 16.3. The number of carbonyl (C=O) groups is 2. The van der Waals surface area contributed by atoms with Crippen molar-refractivity contribution < 1.29 is 14.0 Å². The number of benzene rings is 1. The summed E-state index contributed by atoms with van der Waals surface area (Å²) in [7, 11) is 0. The zero-order chi connectivity index (χ0) is 21.5. The van der Waals surface area contributed by atoms with E-state index in [-0.39, 0.29) is 24.9 Å². The minimum absolute atomic E-state index is 0.157. The summed E-state index contributed by atoms with van der Waals surface area (Å²) in [6.07, 6.45) is 5.01. The zero-order valence-corrected chi connectivity index (χ0v) is 17.0. The molecule has 2 aromatic heterocycles. The third-order valence-corrected chi connectivity index (χ3v) is 5.02. The zero-order valence-electron chi connectivity index (χ0n) is 17.0. The number of piperazine rings is 1. The molecular weight excluding hydrogens is 396 g/mol. The number of nitrogens with zero attached hydrogens (tertiary/aromatic N) is 4. The Balaban J connectivity index is 1.29. The van der Waals surface area contributed by atoms with Crippen molar-refractivity contribution in [2.75, 3.05) is 42.9 Å². The summed E-state index contributed by atoms with van der Waals surface area (Å²) in [5, 5.41) is 5.68. The molecule has 2 amide bonds. The molecule has 0 aliphatic carbocycles. The van der Waals surface area contributed by atoms with Crippen LogP contribution in [0, 0.1) is 0 Å². The standard InChI is InChI=1S/C22H24N6O3/c29-20(16-27-10-12-28(13-11-27)22-23-8-4-9-24-22)26-19-7-2-1-6-18(19)21(30)25-15-17-5-3-14-31-17/h1-9,14H,10-13,15-16H2,(H,25,30)(H,26,29). The fraction of sp³-hybridized carbons (Fsp3) is 0.273. The molecule has 2 N–H and O–H groups in total. The Morgan fingerprint density at radius 3 is 2.48 bits per heavy atom. The number of rotatable bonds is 7. The first-order valence-corrected chi connectivity index (χ1v) is 10.1. The van der Waals surface area contributed by atoms with Gasteiger partial charge in [-0.3, -0.25) is 14.5 Å². The number of hydrogen-bond acceptors (Lipinski definition) is 7. The summed E-state index contributed by atoms with van der Waals surface area (Å²) in [5.41, 5.74) is 0.897. The molecule has 1 fully saturated rings. The van der Waals surface area contributed by atoms with Gasteiger partial charge in [-0.05, 0) is 30.3 Å². The number of carbonyl (C=O) groups excluding carboxylic acids is 2. The molecule has 0 spiro atoms. The minimum atomic E-state index is -0.274. The van der Waals surface area contributed by atoms with E-state index in [4.69, 9.17) is 4.42 Å². The molecule has 0 bridgehead atoms. The summed E-state index contributed by atoms with van der Waals surface area (Å²) in [4.78, 5) is 37.9. The highest BCUT2D eigenvalue weighted by molar-refractivity contribution is 6.04. The Bertz CT molecular complexity index is 1000. The summed E-state index contributed by atoms with van der Waals surface area (Å²) in [6, 6.07) is 12.3. The lowest BCUT2D eigenvalue weighted by atomic mass is 10.1. The van der Waals surface area contributed by atoms with Crippen LogP contribution in [-0.2, 0) is 11.3 Å². The maximum atomic E-state index is 12.6. The fourth-order valence-electron chi connectivity index (χ4n) is 3.42. The first-order chi connectivity index (χ1) is 15.2. The number of para-hydroxylation sites is 1. The molecule has 0 saturated carbocycles. The van der Waals surface area contributed by atoms with E-state index < -0.39 is 0 Å². The Hall–Kier alpha value is -3.72. The van der Waals surface area contributed by atoms with Gasteiger partial charge < -0.3 is 20.0 Å². The van der Waals surface area contributed by atoms with E-state index in [1.165, 1.54) is 0 Å². The average molecular weight is 420 g/mol. The van der Waals surface area contributed by atoms with E-state index in [2.05, 4.69) is 30.4 Å². The highest BCUT2D eigenvalue weighted by Gasteiger charge is 2.21. The first-order valence-electron chi connectivity index (χ1n) is 10.1. The third-order valence-electron chi connectivity index (χ3n) is 5.02. The number of anilines is 2. The fourth-order valence-corrected chi connectivity index (χ4v) is 3.42. The van der Waals surface area contributed by atoms with Gasteiger partial charge in [-0.1, -0.05) is 12.1 Å². The second kappa shape index (κ2) is 9.86. The molecule has 3 heterocycles. The van der Waals surface area contributed by atoms with Gasteiger partial charge in [0.25, 0.3) is 5.91 Å². The molecule has 4 rings (SSSR count). The number of nitrogens with one attached hydrogen (secondary N) is 2. The lowest BCUT2D eigenvalue weighted by Crippen LogP contribution is -2.49. The number of amides is 2. The molecule has 9 heteroatoms. The largest absolute Gasteiger partial charge is 0.467 e. The van der Waals surface area contributed by atoms with Crippen molar-refractivity contribution in [1.82, 2.24) is 20.2 Å². The molecule has 1 aliphatic heterocycles. The summed E-state index contributed by atoms with van der Waals surface area (Å²) >= 11 is 0. The third kappa shape index (κ3) is 5.46. The molecule has 1 aromatic carbocycles. The second-order valence-corrected chi connectivity index (χ2v) is 7.17. The molecule has 0 atom stereocenters. The molecule has 3 aromatic rings. The predicted molar refractivity (Wildman–Crippen MR) is 116 cm³/mol. The summed E-state index contributed by atoms with van der Waals surface area (Å²) < 4.78 is 5.23. The molecule has 1 aliphatic rings. The summed E-state index contributed by atoms with van der Waals surface area (Å²) in [5.74, 6) is 0.940. The van der Waals surface area contributed by atoms with E-state index in [0.717, 1.165) is 26.2 Å². The van der Waals surface area contributed by atoms with Gasteiger partial charge in [0.2, 0.25) is 11.9 Å². The van der Waals surface area contributed by atoms with E-state index >= 15 is 0 Å². The van der Waals surface area contributed by atoms with Crippen LogP contribution in [-0.4, -0.2) is 59.4 Å². The van der Waals surface area contributed by atoms with E-state index in [0.29, 0.717) is 23.0 Å². The predicted octanol–water partition coefficient (Wildman–Crippen LogP) is 1.76. The topological polar surface area (TPSA) is 104 Å². The lowest BCUT2D eigenvalue weighted by molar-refractivity contribution is -0.117. The van der Waals surface area contributed by atoms with E-state index in [1.54, 1.807) is 61.1 Å². The monoisotopic (exact) mass is 420 g/mol. The number of hydrogen-bond donors (Lipinski definition) is 2. The highest BCUT2D eigenvalue weighted by Crippen LogP contribution is 2.16. The van der Waals surface area contributed by atoms with Crippen LogP contribution in [0.5, 0.6) is 0 Å². The Morgan fingerprint density at radius 1 is 0.968 bits per heavy atom. The van der Waals surface area contributed by atoms with E-state index in [1.807, 2.05) is 0 Å². The van der Waals surface area contributed by atoms with Crippen LogP contribution in [0.4, 0.5) is 11.6 Å². The van der Waals surface area contributed by atoms with Gasteiger partial charge in [0.05, 0.1) is 30.6 Å². The summed E-state index contributed by atoms with van der Waals surface area (Å²) in [6.45, 7) is 3.51. The normalized spacial score (nSPS) is 14.3. The van der Waals surface area contributed by atoms with Gasteiger partial charge in [0.15, 0.2) is 0 Å². The average Bonchev–Trinajstić information content (AvgIpc) is 3.33. The van der Waals surface area contributed by atoms with Crippen molar-refractivity contribution in [3.05, 3.63) is 72.4 Å². The van der Waals surface area contributed by atoms with Gasteiger partial charge in [-0.2, -0.15) is 0 Å². The van der Waals surface area contributed by atoms with Crippen LogP contribution in [0.3, 0.4) is 0 Å². The van der Waals surface area contributed by atoms with Crippen LogP contribution >= 0.6 is 0 Å². The maximum Gasteiger partial charge on any atom is 0.253 e. The SMILES string of the molecule is O=C(CN1CCN(c2ncccn2)CC1)Nc1ccccc1C(=O)NCc1ccco1. The number of furan rings is 1. The van der Waals surface area contributed by atoms with Gasteiger partial charge >= 0.3 is 0 Å². The van der Waals surface area contributed by atoms with Crippen molar-refractivity contribution in [3.8, 4) is 0 Å². The van der Waals surface area contributed by atoms with Crippen LogP contribution in [0.1, 0.15) is 16.1 Å². The van der Waals surface area contributed by atoms with Crippen molar-refractivity contribution in [1.29, 1.82) is 0 Å². The van der Waals surface area contributed by atoms with Crippen LogP contribution in [0.15, 0.2) is 65.5 Å². The molecule has 31 heavy (non-hydrogen) atoms. The quantitative estimate of drug-likeness (QED) is 0.600. The molecule has 0 unspecified atom stereocenters. The van der Waals surface area contributed by atoms with Crippen molar-refractivity contribution in [2.24, 2.45) is 0 Å². The minimum Gasteiger partial charge on any atom is -0.467 e. The molecular formula is C22H24N6O3. The van der Waals surface area contributed by atoms with Gasteiger partial charge in [0, 0.05) is 38.6 Å². The molecule has 9 nitrogen and oxygen atoms in total. The number of aromatic nitrogens is 2. The molecule has 0 radical (unpaired) electrons.